The van der Waals surface area contributed by atoms with Crippen LogP contribution in [-0.4, -0.2) is 75.8 Å². The molecule has 0 saturated carbocycles. The van der Waals surface area contributed by atoms with Crippen molar-refractivity contribution in [2.45, 2.75) is 146 Å². The molecular weight excluding hydrogens is 1400 g/mol. The van der Waals surface area contributed by atoms with Crippen LogP contribution >= 0.6 is 20.8 Å². The maximum Gasteiger partial charge on any atom is 0.250 e. The maximum absolute atomic E-state index is 10.8. The van der Waals surface area contributed by atoms with Gasteiger partial charge in [0.1, 0.15) is 29.3 Å². The molecule has 0 aliphatic carbocycles. The molecule has 0 atom stereocenters. The molecule has 0 aliphatic rings. The summed E-state index contributed by atoms with van der Waals surface area (Å²) in [7, 11) is 0.951. The fourth-order valence-corrected chi connectivity index (χ4v) is 20.8. The maximum atomic E-state index is 10.8. The Kier molecular flexibility index (Phi) is 30.2. The Morgan fingerprint density at radius 2 is 0.748 bits per heavy atom. The van der Waals surface area contributed by atoms with Crippen LogP contribution in [0, 0.1) is 34.6 Å². The summed E-state index contributed by atoms with van der Waals surface area (Å²) in [5.41, 5.74) is 11.9. The molecule has 9 aromatic carbocycles. The van der Waals surface area contributed by atoms with Gasteiger partial charge in [0.2, 0.25) is 0 Å². The van der Waals surface area contributed by atoms with Crippen LogP contribution in [0.4, 0.5) is 0 Å². The van der Waals surface area contributed by atoms with Gasteiger partial charge in [-0.3, -0.25) is 4.79 Å². The van der Waals surface area contributed by atoms with Crippen LogP contribution in [-0.2, 0) is 6.16 Å². The number of halogens is 1. The number of phenolic OH excluding ortho intramolecular Hbond substituents is 1. The van der Waals surface area contributed by atoms with Gasteiger partial charge in [0.15, 0.2) is 23.0 Å². The van der Waals surface area contributed by atoms with Gasteiger partial charge in [0, 0.05) is 5.56 Å². The van der Waals surface area contributed by atoms with Crippen molar-refractivity contribution < 1.29 is 51.9 Å². The van der Waals surface area contributed by atoms with E-state index >= 15 is 0 Å². The Morgan fingerprint density at radius 1 is 0.398 bits per heavy atom. The Hall–Kier alpha value is -8.53. The van der Waals surface area contributed by atoms with Crippen LogP contribution in [0.15, 0.2) is 182 Å². The van der Waals surface area contributed by atoms with Crippen molar-refractivity contribution >= 4 is 83.9 Å². The van der Waals surface area contributed by atoms with Gasteiger partial charge in [-0.25, -0.2) is 0 Å². The molecule has 103 heavy (non-hydrogen) atoms. The average Bonchev–Trinajstić information content (AvgIpc) is 0.703. The zero-order chi connectivity index (χ0) is 76.0. The number of rotatable bonds is 25. The van der Waals surface area contributed by atoms with E-state index in [9.17, 15) is 9.90 Å². The molecule has 15 heteroatoms. The number of methoxy groups -OCH3 is 3. The summed E-state index contributed by atoms with van der Waals surface area (Å²) in [5, 5.41) is 10.9. The summed E-state index contributed by atoms with van der Waals surface area (Å²) in [6.45, 7) is 43.1. The minimum absolute atomic E-state index is 0.106. The average molecular weight is 1510 g/mol. The number of carbonyl (C=O) groups is 1. The van der Waals surface area contributed by atoms with Crippen LogP contribution in [0.5, 0.6) is 57.5 Å². The SMILES string of the molecule is CCOc1cc(/C=C\c2ccc(OC)c(O)c2)cc(C)c1C.CCOc1cc(/C=C\c2ccc(OC)c(O[Si](C)(C)C(C)(C)C)c2)cc(C)c1C.CCOc1cc(CP(Br)(c2ccccc2)(c2ccccc2)c2ccccc2)cc(C)c1OCC.COc1ccc(C=O)cc1O[Si](C)(C)C(C)(C)C. The van der Waals surface area contributed by atoms with Crippen molar-refractivity contribution in [3.8, 4) is 57.5 Å². The van der Waals surface area contributed by atoms with E-state index in [2.05, 4.69) is 263 Å². The van der Waals surface area contributed by atoms with Crippen LogP contribution in [0.3, 0.4) is 0 Å². The first kappa shape index (κ1) is 83.4. The second-order valence-corrected chi connectivity index (χ2v) is 46.9. The van der Waals surface area contributed by atoms with Gasteiger partial charge < -0.3 is 37.6 Å². The zero-order valence-corrected chi connectivity index (χ0v) is 69.6. The summed E-state index contributed by atoms with van der Waals surface area (Å²) in [6.07, 6.45) is 9.83. The molecule has 0 aromatic heterocycles. The zero-order valence-electron chi connectivity index (χ0n) is 65.1. The first-order valence-corrected chi connectivity index (χ1v) is 45.7. The van der Waals surface area contributed by atoms with Gasteiger partial charge in [0.05, 0.1) is 34.5 Å². The Labute approximate surface area is 626 Å². The van der Waals surface area contributed by atoms with Gasteiger partial charge in [-0.1, -0.05) is 90.1 Å². The second-order valence-electron chi connectivity index (χ2n) is 28.5. The number of aldehydes is 1. The predicted molar refractivity (Wildman–Crippen MR) is 445 cm³/mol. The van der Waals surface area contributed by atoms with Gasteiger partial charge in [-0.2, -0.15) is 0 Å². The van der Waals surface area contributed by atoms with Gasteiger partial charge in [0.25, 0.3) is 16.6 Å². The van der Waals surface area contributed by atoms with E-state index in [0.717, 1.165) is 74.8 Å². The van der Waals surface area contributed by atoms with Gasteiger partial charge in [-0.05, 0) is 177 Å². The number of phenols is 1. The number of aromatic hydroxyl groups is 1. The van der Waals surface area contributed by atoms with Crippen molar-refractivity contribution in [2.75, 3.05) is 47.8 Å². The van der Waals surface area contributed by atoms with E-state index in [1.807, 2.05) is 58.0 Å². The summed E-state index contributed by atoms with van der Waals surface area (Å²) in [5.74, 6) is 7.05. The first-order valence-electron chi connectivity index (χ1n) is 35.4. The molecule has 0 fully saturated rings. The molecule has 0 aliphatic heterocycles. The number of carbonyl (C=O) groups excluding carboxylic acids is 1. The fraction of sp³-hybridized carbons (Fsp3) is 0.330. The first-order chi connectivity index (χ1) is 48.7. The standard InChI is InChI=1S/C30H32BrO2P.C25H36O3Si.C19H22O3.C14H22O3Si/c1-4-32-29-22-25(21-24(3)30(29)33-5-2)23-34(31,26-15-9-6-10-16-26,27-17-11-7-12-18-27)28-19-13-8-14-20-28;1-10-27-23-17-21(15-18(2)19(23)3)12-11-20-13-14-22(26-7)24(16-20)28-29(8,9)25(4,5)6;1-5-22-19-12-16(10-13(2)14(19)3)7-6-15-8-9-18(21-4)17(20)11-15;1-14(2,3)18(5,6)17-13-9-11(10-15)7-8-12(13)16-4/h6-22H,4-5,23H2,1-3H3;11-17H,10H2,1-9H3;6-12,20H,5H2,1-4H3;7-10H,1-6H3/b;12-11-;7-6-;. The molecule has 0 heterocycles. The minimum Gasteiger partial charge on any atom is -0.541 e. The summed E-state index contributed by atoms with van der Waals surface area (Å²) < 4.78 is 52.0. The quantitative estimate of drug-likeness (QED) is 0.0255. The van der Waals surface area contributed by atoms with Crippen molar-refractivity contribution in [1.82, 2.24) is 0 Å². The third-order valence-corrected chi connectivity index (χ3v) is 37.3. The van der Waals surface area contributed by atoms with Gasteiger partial charge >= 0.3 is 212 Å². The fourth-order valence-electron chi connectivity index (χ4n) is 11.1. The molecule has 0 spiro atoms. The van der Waals surface area contributed by atoms with E-state index in [4.69, 9.17) is 42.0 Å². The minimum atomic E-state index is -3.07. The van der Waals surface area contributed by atoms with Crippen LogP contribution < -0.4 is 57.9 Å². The predicted octanol–water partition coefficient (Wildman–Crippen LogP) is 22.9. The summed E-state index contributed by atoms with van der Waals surface area (Å²) in [4.78, 5) is 10.8. The third kappa shape index (κ3) is 21.6. The molecule has 9 aromatic rings. The molecule has 0 saturated heterocycles. The number of hydrogen-bond donors (Lipinski definition) is 1. The molecule has 0 bridgehead atoms. The van der Waals surface area contributed by atoms with E-state index in [1.54, 1.807) is 44.6 Å². The van der Waals surface area contributed by atoms with Crippen molar-refractivity contribution in [2.24, 2.45) is 0 Å². The Morgan fingerprint density at radius 3 is 1.12 bits per heavy atom. The van der Waals surface area contributed by atoms with E-state index in [1.165, 1.54) is 50.8 Å². The molecule has 0 unspecified atom stereocenters. The number of ether oxygens (including phenoxy) is 7. The number of hydrogen-bond acceptors (Lipinski definition) is 11. The van der Waals surface area contributed by atoms with Crippen molar-refractivity contribution in [3.63, 3.8) is 0 Å². The molecule has 0 radical (unpaired) electrons. The monoisotopic (exact) mass is 1510 g/mol. The largest absolute Gasteiger partial charge is 0.541 e. The molecule has 0 amide bonds. The smallest absolute Gasteiger partial charge is 0.250 e. The number of aryl methyl sites for hydroxylation is 3. The topological polar surface area (TPSA) is 120 Å². The third-order valence-electron chi connectivity index (χ3n) is 19.1. The Bertz CT molecular complexity index is 4190. The molecule has 550 valence electrons. The van der Waals surface area contributed by atoms with Crippen LogP contribution in [0.2, 0.25) is 36.3 Å². The van der Waals surface area contributed by atoms with Crippen molar-refractivity contribution in [1.29, 1.82) is 0 Å². The van der Waals surface area contributed by atoms with E-state index in [-0.39, 0.29) is 15.8 Å². The van der Waals surface area contributed by atoms with E-state index < -0.39 is 21.9 Å². The van der Waals surface area contributed by atoms with Crippen molar-refractivity contribution in [3.05, 3.63) is 243 Å². The van der Waals surface area contributed by atoms with Gasteiger partial charge in [-0.15, -0.1) is 0 Å². The number of benzene rings is 9. The Balaban J connectivity index is 0.000000222. The van der Waals surface area contributed by atoms with Crippen LogP contribution in [0.1, 0.15) is 135 Å². The normalized spacial score (nSPS) is 12.0. The molecule has 1 N–H and O–H groups in total. The summed E-state index contributed by atoms with van der Waals surface area (Å²) in [6, 6.07) is 62.2. The van der Waals surface area contributed by atoms with E-state index in [0.29, 0.717) is 49.2 Å². The molecular formula is C88H112BrO11PSi2. The molecule has 9 rings (SSSR count). The van der Waals surface area contributed by atoms with Crippen LogP contribution in [0.25, 0.3) is 24.3 Å². The summed E-state index contributed by atoms with van der Waals surface area (Å²) >= 11 is 4.55. The molecule has 11 nitrogen and oxygen atoms in total. The second kappa shape index (κ2) is 37.3.